The van der Waals surface area contributed by atoms with Crippen LogP contribution in [0.1, 0.15) is 28.8 Å². The normalized spacial score (nSPS) is 11.2. The van der Waals surface area contributed by atoms with E-state index >= 15 is 0 Å². The third kappa shape index (κ3) is 5.28. The Bertz CT molecular complexity index is 1270. The molecule has 0 unspecified atom stereocenters. The Balaban J connectivity index is 1.85. The molecule has 0 fully saturated rings. The molecule has 0 bridgehead atoms. The van der Waals surface area contributed by atoms with E-state index in [0.29, 0.717) is 5.75 Å². The van der Waals surface area contributed by atoms with Gasteiger partial charge >= 0.3 is 0 Å². The SMILES string of the molecule is CCS(=O)(=O)c1ccc(O)c(NC(=O)c2cc(=O)[nH]c(Cc3ccc(OC)cc3)n2)c1. The van der Waals surface area contributed by atoms with Crippen molar-refractivity contribution in [1.82, 2.24) is 9.97 Å². The highest BCUT2D eigenvalue weighted by atomic mass is 32.2. The lowest BCUT2D eigenvalue weighted by molar-refractivity contribution is 0.102. The van der Waals surface area contributed by atoms with Gasteiger partial charge in [0, 0.05) is 12.5 Å². The number of H-pyrrole nitrogens is 1. The summed E-state index contributed by atoms with van der Waals surface area (Å²) in [6.45, 7) is 1.49. The van der Waals surface area contributed by atoms with Crippen LogP contribution in [-0.2, 0) is 16.3 Å². The van der Waals surface area contributed by atoms with Gasteiger partial charge in [-0.25, -0.2) is 13.4 Å². The maximum Gasteiger partial charge on any atom is 0.274 e. The van der Waals surface area contributed by atoms with E-state index in [2.05, 4.69) is 15.3 Å². The van der Waals surface area contributed by atoms with E-state index in [9.17, 15) is 23.1 Å². The maximum absolute atomic E-state index is 12.6. The molecule has 0 aliphatic heterocycles. The summed E-state index contributed by atoms with van der Waals surface area (Å²) in [5.74, 6) is -0.245. The molecule has 0 radical (unpaired) electrons. The molecule has 1 amide bonds. The first-order valence-electron chi connectivity index (χ1n) is 9.32. The highest BCUT2D eigenvalue weighted by molar-refractivity contribution is 7.91. The van der Waals surface area contributed by atoms with Crippen LogP contribution in [0.3, 0.4) is 0 Å². The van der Waals surface area contributed by atoms with Crippen molar-refractivity contribution in [3.63, 3.8) is 0 Å². The molecule has 0 spiro atoms. The smallest absolute Gasteiger partial charge is 0.274 e. The third-order valence-corrected chi connectivity index (χ3v) is 6.24. The van der Waals surface area contributed by atoms with Gasteiger partial charge in [0.05, 0.1) is 23.4 Å². The average molecular weight is 443 g/mol. The summed E-state index contributed by atoms with van der Waals surface area (Å²) < 4.78 is 29.2. The van der Waals surface area contributed by atoms with Crippen molar-refractivity contribution in [2.75, 3.05) is 18.2 Å². The predicted octanol–water partition coefficient (Wildman–Crippen LogP) is 2.12. The monoisotopic (exact) mass is 443 g/mol. The van der Waals surface area contributed by atoms with Gasteiger partial charge in [0.2, 0.25) is 0 Å². The minimum atomic E-state index is -3.53. The number of aromatic nitrogens is 2. The maximum atomic E-state index is 12.6. The zero-order chi connectivity index (χ0) is 22.6. The number of methoxy groups -OCH3 is 1. The second-order valence-corrected chi connectivity index (χ2v) is 8.92. The number of ether oxygens (including phenoxy) is 1. The van der Waals surface area contributed by atoms with Gasteiger partial charge in [0.15, 0.2) is 9.84 Å². The second kappa shape index (κ2) is 9.00. The fourth-order valence-electron chi connectivity index (χ4n) is 2.81. The Morgan fingerprint density at radius 2 is 1.87 bits per heavy atom. The Morgan fingerprint density at radius 1 is 1.16 bits per heavy atom. The molecule has 1 aromatic heterocycles. The van der Waals surface area contributed by atoms with Crippen molar-refractivity contribution < 1.29 is 23.1 Å². The van der Waals surface area contributed by atoms with Crippen LogP contribution in [0.2, 0.25) is 0 Å². The van der Waals surface area contributed by atoms with E-state index in [1.54, 1.807) is 19.2 Å². The van der Waals surface area contributed by atoms with Crippen molar-refractivity contribution >= 4 is 21.4 Å². The molecular formula is C21H21N3O6S. The molecule has 0 aliphatic carbocycles. The van der Waals surface area contributed by atoms with Crippen molar-refractivity contribution in [1.29, 1.82) is 0 Å². The van der Waals surface area contributed by atoms with E-state index in [-0.39, 0.29) is 40.0 Å². The van der Waals surface area contributed by atoms with E-state index in [1.807, 2.05) is 12.1 Å². The fraction of sp³-hybridized carbons (Fsp3) is 0.190. The van der Waals surface area contributed by atoms with Crippen LogP contribution in [0, 0.1) is 0 Å². The number of benzene rings is 2. The Labute approximate surface area is 178 Å². The standard InChI is InChI=1S/C21H21N3O6S/c1-3-31(28,29)15-8-9-18(25)16(11-15)23-21(27)17-12-20(26)24-19(22-17)10-13-4-6-14(30-2)7-5-13/h4-9,11-12,25H,3,10H2,1-2H3,(H,23,27)(H,22,24,26). The average Bonchev–Trinajstić information content (AvgIpc) is 2.75. The first-order chi connectivity index (χ1) is 14.7. The predicted molar refractivity (Wildman–Crippen MR) is 114 cm³/mol. The van der Waals surface area contributed by atoms with Gasteiger partial charge in [-0.3, -0.25) is 9.59 Å². The molecular weight excluding hydrogens is 422 g/mol. The molecule has 1 heterocycles. The number of anilines is 1. The molecule has 162 valence electrons. The number of phenols is 1. The van der Waals surface area contributed by atoms with Crippen LogP contribution >= 0.6 is 0 Å². The molecule has 31 heavy (non-hydrogen) atoms. The Hall–Kier alpha value is -3.66. The van der Waals surface area contributed by atoms with Gasteiger partial charge in [0.1, 0.15) is 23.0 Å². The minimum absolute atomic E-state index is 0.0397. The van der Waals surface area contributed by atoms with Crippen LogP contribution < -0.4 is 15.6 Å². The minimum Gasteiger partial charge on any atom is -0.506 e. The molecule has 3 rings (SSSR count). The summed E-state index contributed by atoms with van der Waals surface area (Å²) in [5.41, 5.74) is 0.0561. The third-order valence-electron chi connectivity index (χ3n) is 4.51. The zero-order valence-corrected chi connectivity index (χ0v) is 17.7. The summed E-state index contributed by atoms with van der Waals surface area (Å²) in [6, 6.07) is 11.8. The number of carbonyl (C=O) groups excluding carboxylic acids is 1. The van der Waals surface area contributed by atoms with Crippen LogP contribution in [0.25, 0.3) is 0 Å². The molecule has 0 saturated carbocycles. The van der Waals surface area contributed by atoms with Crippen molar-refractivity contribution in [3.05, 3.63) is 76.0 Å². The molecule has 9 nitrogen and oxygen atoms in total. The van der Waals surface area contributed by atoms with Crippen molar-refractivity contribution in [2.45, 2.75) is 18.2 Å². The summed E-state index contributed by atoms with van der Waals surface area (Å²) in [6.07, 6.45) is 0.274. The number of phenolic OH excluding ortho intramolecular Hbond substituents is 1. The van der Waals surface area contributed by atoms with Crippen molar-refractivity contribution in [3.8, 4) is 11.5 Å². The van der Waals surface area contributed by atoms with E-state index in [0.717, 1.165) is 17.7 Å². The second-order valence-electron chi connectivity index (χ2n) is 6.64. The number of sulfone groups is 1. The van der Waals surface area contributed by atoms with Gasteiger partial charge in [0.25, 0.3) is 11.5 Å². The summed E-state index contributed by atoms with van der Waals surface area (Å²) >= 11 is 0. The molecule has 0 saturated heterocycles. The van der Waals surface area contributed by atoms with E-state index in [1.165, 1.54) is 19.1 Å². The number of aromatic amines is 1. The lowest BCUT2D eigenvalue weighted by Crippen LogP contribution is -2.20. The lowest BCUT2D eigenvalue weighted by atomic mass is 10.1. The van der Waals surface area contributed by atoms with Crippen LogP contribution in [0.5, 0.6) is 11.5 Å². The quantitative estimate of drug-likeness (QED) is 0.475. The van der Waals surface area contributed by atoms with Crippen LogP contribution in [-0.4, -0.2) is 42.3 Å². The molecule has 2 aromatic carbocycles. The van der Waals surface area contributed by atoms with Gasteiger partial charge in [-0.15, -0.1) is 0 Å². The molecule has 0 atom stereocenters. The number of rotatable bonds is 7. The van der Waals surface area contributed by atoms with Gasteiger partial charge < -0.3 is 20.1 Å². The van der Waals surface area contributed by atoms with Crippen molar-refractivity contribution in [2.24, 2.45) is 0 Å². The topological polar surface area (TPSA) is 138 Å². The highest BCUT2D eigenvalue weighted by Crippen LogP contribution is 2.27. The van der Waals surface area contributed by atoms with Crippen LogP contribution in [0.4, 0.5) is 5.69 Å². The van der Waals surface area contributed by atoms with Gasteiger partial charge in [-0.2, -0.15) is 0 Å². The lowest BCUT2D eigenvalue weighted by Gasteiger charge is -2.10. The molecule has 10 heteroatoms. The van der Waals surface area contributed by atoms with Crippen LogP contribution in [0.15, 0.2) is 58.2 Å². The fourth-order valence-corrected chi connectivity index (χ4v) is 3.71. The summed E-state index contributed by atoms with van der Waals surface area (Å²) in [5, 5.41) is 12.4. The first-order valence-corrected chi connectivity index (χ1v) is 11.0. The number of nitrogens with zero attached hydrogens (tertiary/aromatic N) is 1. The number of aromatic hydroxyl groups is 1. The number of nitrogens with one attached hydrogen (secondary N) is 2. The Morgan fingerprint density at radius 3 is 2.52 bits per heavy atom. The Kier molecular flexibility index (Phi) is 6.40. The van der Waals surface area contributed by atoms with E-state index < -0.39 is 21.3 Å². The molecule has 0 aliphatic rings. The molecule has 3 N–H and O–H groups in total. The number of carbonyl (C=O) groups is 1. The highest BCUT2D eigenvalue weighted by Gasteiger charge is 2.17. The first kappa shape index (κ1) is 22.0. The van der Waals surface area contributed by atoms with Gasteiger partial charge in [-0.1, -0.05) is 19.1 Å². The zero-order valence-electron chi connectivity index (χ0n) is 16.9. The van der Waals surface area contributed by atoms with Gasteiger partial charge in [-0.05, 0) is 35.9 Å². The summed E-state index contributed by atoms with van der Waals surface area (Å²) in [4.78, 5) is 31.4. The number of hydrogen-bond donors (Lipinski definition) is 3. The largest absolute Gasteiger partial charge is 0.506 e. The number of amides is 1. The molecule has 3 aromatic rings. The summed E-state index contributed by atoms with van der Waals surface area (Å²) in [7, 11) is -1.98. The van der Waals surface area contributed by atoms with E-state index in [4.69, 9.17) is 4.74 Å². The number of hydrogen-bond acceptors (Lipinski definition) is 7.